The van der Waals surface area contributed by atoms with Crippen LogP contribution in [0.25, 0.3) is 0 Å². The van der Waals surface area contributed by atoms with Crippen LogP contribution < -0.4 is 16.6 Å². The lowest BCUT2D eigenvalue weighted by molar-refractivity contribution is 0.985. The molecule has 2 heterocycles. The van der Waals surface area contributed by atoms with Crippen molar-refractivity contribution in [3.05, 3.63) is 28.0 Å². The van der Waals surface area contributed by atoms with E-state index in [4.69, 9.17) is 5.84 Å². The van der Waals surface area contributed by atoms with Gasteiger partial charge in [0.05, 0.1) is 17.7 Å². The van der Waals surface area contributed by atoms with Crippen molar-refractivity contribution in [3.8, 4) is 0 Å². The monoisotopic (exact) mass is 250 g/mol. The molecule has 6 nitrogen and oxygen atoms in total. The molecular weight excluding hydrogens is 236 g/mol. The number of hydrogen-bond acceptors (Lipinski definition) is 7. The van der Waals surface area contributed by atoms with Crippen molar-refractivity contribution in [1.29, 1.82) is 0 Å². The van der Waals surface area contributed by atoms with Crippen LogP contribution in [0.5, 0.6) is 0 Å². The molecule has 7 heteroatoms. The Kier molecular flexibility index (Phi) is 3.50. The van der Waals surface area contributed by atoms with Gasteiger partial charge in [0.2, 0.25) is 0 Å². The van der Waals surface area contributed by atoms with Crippen LogP contribution in [0.15, 0.2) is 10.9 Å². The number of nitrogens with two attached hydrogens (primary N) is 1. The Labute approximate surface area is 103 Å². The van der Waals surface area contributed by atoms with Crippen LogP contribution in [-0.2, 0) is 6.54 Å². The molecule has 17 heavy (non-hydrogen) atoms. The van der Waals surface area contributed by atoms with Gasteiger partial charge >= 0.3 is 0 Å². The van der Waals surface area contributed by atoms with Crippen LogP contribution in [0, 0.1) is 13.8 Å². The average Bonchev–Trinajstić information content (AvgIpc) is 2.82. The molecule has 0 atom stereocenters. The van der Waals surface area contributed by atoms with Crippen LogP contribution in [0.1, 0.15) is 17.1 Å². The number of anilines is 2. The standard InChI is InChI=1S/C10H14N6S/c1-6-9(12-3-8-4-17-5-13-8)14-7(2)15-10(6)16-11/h4-5H,3,11H2,1-2H3,(H2,12,14,15,16). The summed E-state index contributed by atoms with van der Waals surface area (Å²) < 4.78 is 0. The molecule has 0 radical (unpaired) electrons. The van der Waals surface area contributed by atoms with Crippen LogP contribution >= 0.6 is 11.3 Å². The van der Waals surface area contributed by atoms with Gasteiger partial charge in [0.15, 0.2) is 0 Å². The van der Waals surface area contributed by atoms with E-state index in [0.29, 0.717) is 18.2 Å². The van der Waals surface area contributed by atoms with Crippen LogP contribution in [0.3, 0.4) is 0 Å². The van der Waals surface area contributed by atoms with Crippen LogP contribution in [0.4, 0.5) is 11.6 Å². The van der Waals surface area contributed by atoms with Gasteiger partial charge in [-0.2, -0.15) is 0 Å². The van der Waals surface area contributed by atoms with Gasteiger partial charge in [0.25, 0.3) is 0 Å². The molecule has 0 aliphatic rings. The summed E-state index contributed by atoms with van der Waals surface area (Å²) >= 11 is 1.57. The summed E-state index contributed by atoms with van der Waals surface area (Å²) in [6.45, 7) is 4.39. The maximum Gasteiger partial charge on any atom is 0.148 e. The Bertz CT molecular complexity index is 496. The molecule has 0 unspecified atom stereocenters. The van der Waals surface area contributed by atoms with Gasteiger partial charge in [-0.3, -0.25) is 0 Å². The highest BCUT2D eigenvalue weighted by atomic mass is 32.1. The smallest absolute Gasteiger partial charge is 0.148 e. The average molecular weight is 250 g/mol. The third-order valence-electron chi connectivity index (χ3n) is 2.31. The quantitative estimate of drug-likeness (QED) is 0.562. The Hall–Kier alpha value is -1.73. The van der Waals surface area contributed by atoms with Gasteiger partial charge in [-0.15, -0.1) is 11.3 Å². The number of hydrazine groups is 1. The molecule has 0 aromatic carbocycles. The maximum absolute atomic E-state index is 5.40. The summed E-state index contributed by atoms with van der Waals surface area (Å²) in [5, 5.41) is 5.23. The van der Waals surface area contributed by atoms with Crippen molar-refractivity contribution >= 4 is 23.0 Å². The number of rotatable bonds is 4. The summed E-state index contributed by atoms with van der Waals surface area (Å²) in [6, 6.07) is 0. The molecule has 0 bridgehead atoms. The lowest BCUT2D eigenvalue weighted by Gasteiger charge is -2.11. The third-order valence-corrected chi connectivity index (χ3v) is 2.95. The van der Waals surface area contributed by atoms with E-state index in [9.17, 15) is 0 Å². The van der Waals surface area contributed by atoms with Crippen molar-refractivity contribution in [3.63, 3.8) is 0 Å². The van der Waals surface area contributed by atoms with E-state index in [1.165, 1.54) is 0 Å². The van der Waals surface area contributed by atoms with E-state index in [2.05, 4.69) is 25.7 Å². The molecule has 2 rings (SSSR count). The highest BCUT2D eigenvalue weighted by molar-refractivity contribution is 7.07. The fraction of sp³-hybridized carbons (Fsp3) is 0.300. The second-order valence-electron chi connectivity index (χ2n) is 3.57. The first-order chi connectivity index (χ1) is 8.20. The van der Waals surface area contributed by atoms with Gasteiger partial charge in [-0.1, -0.05) is 0 Å². The molecule has 0 spiro atoms. The number of aromatic nitrogens is 3. The van der Waals surface area contributed by atoms with Gasteiger partial charge in [0.1, 0.15) is 17.5 Å². The minimum absolute atomic E-state index is 0.637. The fourth-order valence-electron chi connectivity index (χ4n) is 1.44. The highest BCUT2D eigenvalue weighted by Crippen LogP contribution is 2.19. The van der Waals surface area contributed by atoms with Crippen molar-refractivity contribution in [2.24, 2.45) is 5.84 Å². The van der Waals surface area contributed by atoms with Crippen molar-refractivity contribution in [1.82, 2.24) is 15.0 Å². The number of aryl methyl sites for hydroxylation is 1. The van der Waals surface area contributed by atoms with Gasteiger partial charge in [-0.05, 0) is 13.8 Å². The van der Waals surface area contributed by atoms with Crippen molar-refractivity contribution in [2.45, 2.75) is 20.4 Å². The minimum atomic E-state index is 0.637. The summed E-state index contributed by atoms with van der Waals surface area (Å²) in [6.07, 6.45) is 0. The molecular formula is C10H14N6S. The fourth-order valence-corrected chi connectivity index (χ4v) is 2.00. The first-order valence-electron chi connectivity index (χ1n) is 5.13. The Balaban J connectivity index is 2.17. The number of thiazole rings is 1. The Morgan fingerprint density at radius 1 is 1.29 bits per heavy atom. The molecule has 2 aromatic rings. The number of nitrogen functional groups attached to an aromatic ring is 1. The maximum atomic E-state index is 5.40. The topological polar surface area (TPSA) is 88.8 Å². The molecule has 0 saturated heterocycles. The molecule has 0 saturated carbocycles. The molecule has 4 N–H and O–H groups in total. The summed E-state index contributed by atoms with van der Waals surface area (Å²) in [4.78, 5) is 12.7. The summed E-state index contributed by atoms with van der Waals surface area (Å²) in [5.41, 5.74) is 6.26. The minimum Gasteiger partial charge on any atom is -0.364 e. The van der Waals surface area contributed by atoms with E-state index in [0.717, 1.165) is 17.1 Å². The van der Waals surface area contributed by atoms with Crippen molar-refractivity contribution in [2.75, 3.05) is 10.7 Å². The molecule has 90 valence electrons. The second kappa shape index (κ2) is 5.07. The van der Waals surface area contributed by atoms with Gasteiger partial charge in [0, 0.05) is 10.9 Å². The van der Waals surface area contributed by atoms with E-state index in [1.807, 2.05) is 24.7 Å². The molecule has 0 aliphatic heterocycles. The lowest BCUT2D eigenvalue weighted by Crippen LogP contribution is -2.14. The van der Waals surface area contributed by atoms with E-state index in [1.54, 1.807) is 11.3 Å². The summed E-state index contributed by atoms with van der Waals surface area (Å²) in [7, 11) is 0. The zero-order valence-electron chi connectivity index (χ0n) is 9.69. The SMILES string of the molecule is Cc1nc(NN)c(C)c(NCc2cscn2)n1. The predicted molar refractivity (Wildman–Crippen MR) is 68.8 cm³/mol. The summed E-state index contributed by atoms with van der Waals surface area (Å²) in [5.74, 6) is 7.48. The molecule has 0 amide bonds. The molecule has 0 fully saturated rings. The first-order valence-corrected chi connectivity index (χ1v) is 6.07. The molecule has 0 aliphatic carbocycles. The number of nitrogens with one attached hydrogen (secondary N) is 2. The first kappa shape index (κ1) is 11.7. The number of hydrogen-bond donors (Lipinski definition) is 3. The Morgan fingerprint density at radius 2 is 2.06 bits per heavy atom. The zero-order chi connectivity index (χ0) is 12.3. The van der Waals surface area contributed by atoms with Gasteiger partial charge < -0.3 is 10.7 Å². The van der Waals surface area contributed by atoms with Gasteiger partial charge in [-0.25, -0.2) is 20.8 Å². The van der Waals surface area contributed by atoms with Crippen LogP contribution in [-0.4, -0.2) is 15.0 Å². The normalized spacial score (nSPS) is 10.3. The predicted octanol–water partition coefficient (Wildman–Crippen LogP) is 1.45. The Morgan fingerprint density at radius 3 is 2.71 bits per heavy atom. The van der Waals surface area contributed by atoms with E-state index in [-0.39, 0.29) is 0 Å². The zero-order valence-corrected chi connectivity index (χ0v) is 10.5. The number of nitrogens with zero attached hydrogens (tertiary/aromatic N) is 3. The lowest BCUT2D eigenvalue weighted by atomic mass is 10.3. The van der Waals surface area contributed by atoms with Crippen molar-refractivity contribution < 1.29 is 0 Å². The molecule has 2 aromatic heterocycles. The highest BCUT2D eigenvalue weighted by Gasteiger charge is 2.08. The van der Waals surface area contributed by atoms with Crippen LogP contribution in [0.2, 0.25) is 0 Å². The third kappa shape index (κ3) is 2.69. The van der Waals surface area contributed by atoms with E-state index >= 15 is 0 Å². The van der Waals surface area contributed by atoms with E-state index < -0.39 is 0 Å². The second-order valence-corrected chi connectivity index (χ2v) is 4.29. The largest absolute Gasteiger partial charge is 0.364 e.